The predicted molar refractivity (Wildman–Crippen MR) is 89.2 cm³/mol. The molecule has 0 atom stereocenters. The molecule has 0 unspecified atom stereocenters. The fourth-order valence-electron chi connectivity index (χ4n) is 2.59. The molecule has 2 N–H and O–H groups in total. The highest BCUT2D eigenvalue weighted by atomic mass is 79.9. The van der Waals surface area contributed by atoms with Crippen molar-refractivity contribution in [2.45, 2.75) is 20.4 Å². The third-order valence-corrected chi connectivity index (χ3v) is 4.04. The summed E-state index contributed by atoms with van der Waals surface area (Å²) in [5, 5.41) is 4.81. The first-order chi connectivity index (χ1) is 9.63. The van der Waals surface area contributed by atoms with Crippen LogP contribution in [-0.4, -0.2) is 4.98 Å². The van der Waals surface area contributed by atoms with Crippen LogP contribution < -0.4 is 5.32 Å². The van der Waals surface area contributed by atoms with E-state index in [2.05, 4.69) is 76.5 Å². The number of hydrogen-bond donors (Lipinski definition) is 2. The van der Waals surface area contributed by atoms with Crippen LogP contribution in [0.1, 0.15) is 16.7 Å². The van der Waals surface area contributed by atoms with E-state index in [1.165, 1.54) is 33.3 Å². The second-order valence-electron chi connectivity index (χ2n) is 5.17. The lowest BCUT2D eigenvalue weighted by atomic mass is 10.1. The summed E-state index contributed by atoms with van der Waals surface area (Å²) in [5.74, 6) is 0. The van der Waals surface area contributed by atoms with Crippen LogP contribution in [0.3, 0.4) is 0 Å². The van der Waals surface area contributed by atoms with Crippen LogP contribution in [0.4, 0.5) is 5.69 Å². The molecular weight excluding hydrogens is 312 g/mol. The molecular formula is C17H17BrN2. The fraction of sp³-hybridized carbons (Fsp3) is 0.176. The summed E-state index contributed by atoms with van der Waals surface area (Å²) < 4.78 is 1.13. The Labute approximate surface area is 127 Å². The lowest BCUT2D eigenvalue weighted by Crippen LogP contribution is -2.03. The Kier molecular flexibility index (Phi) is 3.53. The number of fused-ring (bicyclic) bond motifs is 1. The van der Waals surface area contributed by atoms with Gasteiger partial charge in [-0.1, -0.05) is 22.0 Å². The van der Waals surface area contributed by atoms with Crippen LogP contribution in [0.15, 0.2) is 47.1 Å². The van der Waals surface area contributed by atoms with Gasteiger partial charge in [0.05, 0.1) is 0 Å². The lowest BCUT2D eigenvalue weighted by Gasteiger charge is -2.13. The van der Waals surface area contributed by atoms with Crippen LogP contribution >= 0.6 is 15.9 Å². The van der Waals surface area contributed by atoms with Gasteiger partial charge in [0.1, 0.15) is 0 Å². The Balaban J connectivity index is 1.82. The number of anilines is 1. The van der Waals surface area contributed by atoms with Crippen molar-refractivity contribution in [1.29, 1.82) is 0 Å². The average molecular weight is 329 g/mol. The molecule has 102 valence electrons. The van der Waals surface area contributed by atoms with Gasteiger partial charge in [-0.05, 0) is 66.3 Å². The Morgan fingerprint density at radius 1 is 1.05 bits per heavy atom. The summed E-state index contributed by atoms with van der Waals surface area (Å²) in [5.41, 5.74) is 6.23. The zero-order chi connectivity index (χ0) is 14.1. The maximum atomic E-state index is 3.55. The molecule has 3 heteroatoms. The van der Waals surface area contributed by atoms with Gasteiger partial charge in [0.2, 0.25) is 0 Å². The van der Waals surface area contributed by atoms with E-state index in [-0.39, 0.29) is 0 Å². The van der Waals surface area contributed by atoms with Crippen LogP contribution in [0, 0.1) is 13.8 Å². The number of H-pyrrole nitrogens is 1. The molecule has 0 aliphatic rings. The Bertz CT molecular complexity index is 736. The molecule has 0 amide bonds. The molecule has 0 spiro atoms. The number of benzene rings is 2. The molecule has 3 rings (SSSR count). The molecule has 20 heavy (non-hydrogen) atoms. The number of aryl methyl sites for hydroxylation is 2. The number of hydrogen-bond acceptors (Lipinski definition) is 1. The van der Waals surface area contributed by atoms with Crippen LogP contribution in [0.25, 0.3) is 10.9 Å². The smallest absolute Gasteiger partial charge is 0.0454 e. The molecule has 0 saturated heterocycles. The minimum absolute atomic E-state index is 0.838. The Morgan fingerprint density at radius 3 is 2.55 bits per heavy atom. The van der Waals surface area contributed by atoms with Crippen molar-refractivity contribution < 1.29 is 0 Å². The topological polar surface area (TPSA) is 27.8 Å². The maximum absolute atomic E-state index is 3.55. The van der Waals surface area contributed by atoms with Gasteiger partial charge >= 0.3 is 0 Å². The summed E-state index contributed by atoms with van der Waals surface area (Å²) in [6.07, 6.45) is 1.98. The molecule has 0 bridgehead atoms. The van der Waals surface area contributed by atoms with Crippen molar-refractivity contribution in [3.63, 3.8) is 0 Å². The molecule has 1 aromatic heterocycles. The van der Waals surface area contributed by atoms with Gasteiger partial charge in [0, 0.05) is 28.4 Å². The van der Waals surface area contributed by atoms with Crippen molar-refractivity contribution in [1.82, 2.24) is 4.98 Å². The van der Waals surface area contributed by atoms with Crippen molar-refractivity contribution in [3.8, 4) is 0 Å². The number of aromatic nitrogens is 1. The number of rotatable bonds is 3. The fourth-order valence-corrected chi connectivity index (χ4v) is 3.28. The number of nitrogens with one attached hydrogen (secondary N) is 2. The van der Waals surface area contributed by atoms with E-state index in [9.17, 15) is 0 Å². The molecule has 3 aromatic rings. The molecule has 0 fully saturated rings. The molecule has 1 heterocycles. The first kappa shape index (κ1) is 13.3. The van der Waals surface area contributed by atoms with E-state index in [1.54, 1.807) is 0 Å². The summed E-state index contributed by atoms with van der Waals surface area (Å²) in [6, 6.07) is 12.9. The highest BCUT2D eigenvalue weighted by molar-refractivity contribution is 9.10. The number of halogens is 1. The summed E-state index contributed by atoms with van der Waals surface area (Å²) in [7, 11) is 0. The van der Waals surface area contributed by atoms with Gasteiger partial charge in [-0.3, -0.25) is 0 Å². The van der Waals surface area contributed by atoms with Crippen LogP contribution in [0.2, 0.25) is 0 Å². The van der Waals surface area contributed by atoms with E-state index < -0.39 is 0 Å². The van der Waals surface area contributed by atoms with E-state index in [0.29, 0.717) is 0 Å². The Hall–Kier alpha value is -1.74. The van der Waals surface area contributed by atoms with Crippen molar-refractivity contribution in [3.05, 3.63) is 63.8 Å². The third-order valence-electron chi connectivity index (χ3n) is 3.58. The zero-order valence-electron chi connectivity index (χ0n) is 11.6. The molecule has 2 nitrogen and oxygen atoms in total. The summed E-state index contributed by atoms with van der Waals surface area (Å²) >= 11 is 3.53. The standard InChI is InChI=1S/C17H17BrN2/c1-11-7-15(18)8-12(2)17(11)20-10-13-3-4-16-14(9-13)5-6-19-16/h3-9,19-20H,10H2,1-2H3. The van der Waals surface area contributed by atoms with Gasteiger partial charge in [-0.2, -0.15) is 0 Å². The van der Waals surface area contributed by atoms with Crippen molar-refractivity contribution >= 4 is 32.5 Å². The minimum Gasteiger partial charge on any atom is -0.381 e. The third kappa shape index (κ3) is 2.59. The second kappa shape index (κ2) is 5.33. The molecule has 0 saturated carbocycles. The molecule has 0 aliphatic heterocycles. The molecule has 0 aliphatic carbocycles. The largest absolute Gasteiger partial charge is 0.381 e. The SMILES string of the molecule is Cc1cc(Br)cc(C)c1NCc1ccc2[nH]ccc2c1. The highest BCUT2D eigenvalue weighted by Gasteiger charge is 2.04. The molecule has 0 radical (unpaired) electrons. The zero-order valence-corrected chi connectivity index (χ0v) is 13.2. The van der Waals surface area contributed by atoms with E-state index in [4.69, 9.17) is 0 Å². The van der Waals surface area contributed by atoms with Crippen molar-refractivity contribution in [2.75, 3.05) is 5.32 Å². The van der Waals surface area contributed by atoms with Gasteiger partial charge in [-0.15, -0.1) is 0 Å². The predicted octanol–water partition coefficient (Wildman–Crippen LogP) is 5.16. The van der Waals surface area contributed by atoms with E-state index in [0.717, 1.165) is 11.0 Å². The van der Waals surface area contributed by atoms with E-state index >= 15 is 0 Å². The lowest BCUT2D eigenvalue weighted by molar-refractivity contribution is 1.13. The average Bonchev–Trinajstić information content (AvgIpc) is 2.84. The van der Waals surface area contributed by atoms with Gasteiger partial charge in [0.15, 0.2) is 0 Å². The summed E-state index contributed by atoms with van der Waals surface area (Å²) in [4.78, 5) is 3.22. The quantitative estimate of drug-likeness (QED) is 0.682. The summed E-state index contributed by atoms with van der Waals surface area (Å²) in [6.45, 7) is 5.11. The first-order valence-corrected chi connectivity index (χ1v) is 7.49. The van der Waals surface area contributed by atoms with Crippen molar-refractivity contribution in [2.24, 2.45) is 0 Å². The number of aromatic amines is 1. The normalized spacial score (nSPS) is 10.9. The molecule has 2 aromatic carbocycles. The van der Waals surface area contributed by atoms with Gasteiger partial charge in [-0.25, -0.2) is 0 Å². The minimum atomic E-state index is 0.838. The Morgan fingerprint density at radius 2 is 1.80 bits per heavy atom. The first-order valence-electron chi connectivity index (χ1n) is 6.70. The maximum Gasteiger partial charge on any atom is 0.0454 e. The highest BCUT2D eigenvalue weighted by Crippen LogP contribution is 2.26. The van der Waals surface area contributed by atoms with E-state index in [1.807, 2.05) is 6.20 Å². The van der Waals surface area contributed by atoms with Gasteiger partial charge in [0.25, 0.3) is 0 Å². The van der Waals surface area contributed by atoms with Crippen LogP contribution in [-0.2, 0) is 6.54 Å². The second-order valence-corrected chi connectivity index (χ2v) is 6.08. The van der Waals surface area contributed by atoms with Crippen LogP contribution in [0.5, 0.6) is 0 Å². The van der Waals surface area contributed by atoms with Gasteiger partial charge < -0.3 is 10.3 Å². The monoisotopic (exact) mass is 328 g/mol.